The lowest BCUT2D eigenvalue weighted by Crippen LogP contribution is -2.22. The number of fused-ring (bicyclic) bond motifs is 1. The van der Waals surface area contributed by atoms with Gasteiger partial charge in [0, 0.05) is 6.04 Å². The highest BCUT2D eigenvalue weighted by atomic mass is 16.5. The number of nitrogen functional groups attached to an aromatic ring is 1. The third kappa shape index (κ3) is 3.27. The summed E-state index contributed by atoms with van der Waals surface area (Å²) < 4.78 is 11.1. The number of benzene rings is 2. The van der Waals surface area contributed by atoms with Gasteiger partial charge >= 0.3 is 0 Å². The second-order valence-corrected chi connectivity index (χ2v) is 6.64. The molecule has 1 aromatic heterocycles. The number of nitrogens with one attached hydrogen (secondary N) is 1. The van der Waals surface area contributed by atoms with E-state index in [-0.39, 0.29) is 0 Å². The Kier molecular flexibility index (Phi) is 4.22. The Balaban J connectivity index is 1.60. The average Bonchev–Trinajstić information content (AvgIpc) is 3.03. The maximum absolute atomic E-state index is 6.02. The van der Waals surface area contributed by atoms with E-state index >= 15 is 0 Å². The number of nitrogens with zero attached hydrogens (tertiary/aromatic N) is 1. The summed E-state index contributed by atoms with van der Waals surface area (Å²) in [6.07, 6.45) is 6.27. The van der Waals surface area contributed by atoms with Crippen molar-refractivity contribution in [3.05, 3.63) is 36.4 Å². The molecule has 0 amide bonds. The fourth-order valence-corrected chi connectivity index (χ4v) is 3.50. The molecule has 5 nitrogen and oxygen atoms in total. The van der Waals surface area contributed by atoms with Crippen LogP contribution in [0.15, 0.2) is 40.8 Å². The molecule has 0 spiro atoms. The quantitative estimate of drug-likeness (QED) is 0.667. The molecule has 130 valence electrons. The Hall–Kier alpha value is -2.69. The van der Waals surface area contributed by atoms with E-state index in [4.69, 9.17) is 14.9 Å². The van der Waals surface area contributed by atoms with E-state index in [0.717, 1.165) is 22.2 Å². The van der Waals surface area contributed by atoms with Crippen LogP contribution in [0.5, 0.6) is 5.75 Å². The van der Waals surface area contributed by atoms with Gasteiger partial charge in [-0.2, -0.15) is 4.98 Å². The zero-order chi connectivity index (χ0) is 17.2. The van der Waals surface area contributed by atoms with E-state index in [1.165, 1.54) is 32.1 Å². The summed E-state index contributed by atoms with van der Waals surface area (Å²) in [4.78, 5) is 4.62. The smallest absolute Gasteiger partial charge is 0.295 e. The maximum Gasteiger partial charge on any atom is 0.295 e. The van der Waals surface area contributed by atoms with E-state index in [1.54, 1.807) is 7.11 Å². The summed E-state index contributed by atoms with van der Waals surface area (Å²) in [5.41, 5.74) is 10.4. The van der Waals surface area contributed by atoms with Gasteiger partial charge < -0.3 is 20.2 Å². The molecular weight excluding hydrogens is 314 g/mol. The van der Waals surface area contributed by atoms with Crippen molar-refractivity contribution in [1.29, 1.82) is 0 Å². The third-order valence-electron chi connectivity index (χ3n) is 4.88. The molecule has 25 heavy (non-hydrogen) atoms. The minimum atomic E-state index is 0.475. The van der Waals surface area contributed by atoms with Gasteiger partial charge in [0.2, 0.25) is 0 Å². The number of methoxy groups -OCH3 is 1. The summed E-state index contributed by atoms with van der Waals surface area (Å²) >= 11 is 0. The van der Waals surface area contributed by atoms with Crippen LogP contribution < -0.4 is 15.8 Å². The molecule has 4 rings (SSSR count). The van der Waals surface area contributed by atoms with E-state index < -0.39 is 0 Å². The number of nitrogens with two attached hydrogens (primary N) is 1. The first-order chi connectivity index (χ1) is 12.2. The van der Waals surface area contributed by atoms with Crippen LogP contribution in [0.1, 0.15) is 32.1 Å². The third-order valence-corrected chi connectivity index (χ3v) is 4.88. The van der Waals surface area contributed by atoms with Crippen molar-refractivity contribution in [3.8, 4) is 16.9 Å². The van der Waals surface area contributed by atoms with Gasteiger partial charge in [0.1, 0.15) is 11.3 Å². The first kappa shape index (κ1) is 15.8. The molecule has 3 aromatic rings. The van der Waals surface area contributed by atoms with Crippen molar-refractivity contribution in [3.63, 3.8) is 0 Å². The molecule has 1 fully saturated rings. The van der Waals surface area contributed by atoms with Crippen molar-refractivity contribution in [2.75, 3.05) is 18.2 Å². The first-order valence-electron chi connectivity index (χ1n) is 8.84. The molecule has 0 saturated heterocycles. The number of anilines is 2. The maximum atomic E-state index is 6.02. The number of hydrogen-bond donors (Lipinski definition) is 2. The van der Waals surface area contributed by atoms with E-state index in [9.17, 15) is 0 Å². The summed E-state index contributed by atoms with van der Waals surface area (Å²) in [6, 6.07) is 12.9. The van der Waals surface area contributed by atoms with Gasteiger partial charge in [-0.05, 0) is 48.2 Å². The molecule has 0 bridgehead atoms. The van der Waals surface area contributed by atoms with Gasteiger partial charge in [-0.3, -0.25) is 0 Å². The number of aromatic nitrogens is 1. The van der Waals surface area contributed by atoms with Crippen LogP contribution in [0.3, 0.4) is 0 Å². The molecule has 3 N–H and O–H groups in total. The zero-order valence-corrected chi connectivity index (χ0v) is 14.4. The molecule has 5 heteroatoms. The summed E-state index contributed by atoms with van der Waals surface area (Å²) in [5.74, 6) is 0.685. The van der Waals surface area contributed by atoms with Crippen molar-refractivity contribution in [1.82, 2.24) is 4.98 Å². The van der Waals surface area contributed by atoms with Crippen LogP contribution in [-0.4, -0.2) is 18.1 Å². The number of oxazole rings is 1. The van der Waals surface area contributed by atoms with Gasteiger partial charge in [-0.25, -0.2) is 0 Å². The summed E-state index contributed by atoms with van der Waals surface area (Å²) in [6.45, 7) is 0. The van der Waals surface area contributed by atoms with E-state index in [1.807, 2.05) is 36.4 Å². The van der Waals surface area contributed by atoms with Gasteiger partial charge in [0.15, 0.2) is 5.58 Å². The highest BCUT2D eigenvalue weighted by Crippen LogP contribution is 2.31. The number of ether oxygens (including phenoxy) is 1. The Morgan fingerprint density at radius 3 is 2.60 bits per heavy atom. The topological polar surface area (TPSA) is 73.3 Å². The Labute approximate surface area is 147 Å². The fraction of sp³-hybridized carbons (Fsp3) is 0.350. The molecular formula is C20H23N3O2. The van der Waals surface area contributed by atoms with Crippen molar-refractivity contribution < 1.29 is 9.15 Å². The standard InChI is InChI=1S/C20H23N3O2/c1-24-18-9-7-13(11-16(18)21)14-8-10-19-17(12-14)23-20(25-19)22-15-5-3-2-4-6-15/h7-12,15H,2-6,21H2,1H3,(H,22,23). The van der Waals surface area contributed by atoms with Crippen LogP contribution in [0.2, 0.25) is 0 Å². The van der Waals surface area contributed by atoms with Gasteiger partial charge in [-0.1, -0.05) is 31.4 Å². The van der Waals surface area contributed by atoms with Gasteiger partial charge in [-0.15, -0.1) is 0 Å². The minimum absolute atomic E-state index is 0.475. The average molecular weight is 337 g/mol. The second kappa shape index (κ2) is 6.67. The lowest BCUT2D eigenvalue weighted by atomic mass is 9.96. The van der Waals surface area contributed by atoms with E-state index in [0.29, 0.717) is 23.5 Å². The monoisotopic (exact) mass is 337 g/mol. The van der Waals surface area contributed by atoms with Crippen molar-refractivity contribution >= 4 is 22.8 Å². The lowest BCUT2D eigenvalue weighted by Gasteiger charge is -2.21. The Morgan fingerprint density at radius 2 is 1.84 bits per heavy atom. The molecule has 0 unspecified atom stereocenters. The van der Waals surface area contributed by atoms with Crippen molar-refractivity contribution in [2.24, 2.45) is 0 Å². The van der Waals surface area contributed by atoms with Crippen LogP contribution in [0, 0.1) is 0 Å². The molecule has 0 atom stereocenters. The summed E-state index contributed by atoms with van der Waals surface area (Å²) in [5, 5.41) is 3.44. The molecule has 0 radical (unpaired) electrons. The van der Waals surface area contributed by atoms with Crippen LogP contribution in [0.4, 0.5) is 11.7 Å². The molecule has 2 aromatic carbocycles. The minimum Gasteiger partial charge on any atom is -0.495 e. The van der Waals surface area contributed by atoms with Crippen LogP contribution in [0.25, 0.3) is 22.2 Å². The SMILES string of the molecule is COc1ccc(-c2ccc3oc(NC4CCCCC4)nc3c2)cc1N. The van der Waals surface area contributed by atoms with Crippen LogP contribution >= 0.6 is 0 Å². The molecule has 1 aliphatic rings. The molecule has 1 heterocycles. The summed E-state index contributed by atoms with van der Waals surface area (Å²) in [7, 11) is 1.62. The van der Waals surface area contributed by atoms with Gasteiger partial charge in [0.05, 0.1) is 12.8 Å². The number of rotatable bonds is 4. The normalized spacial score (nSPS) is 15.4. The highest BCUT2D eigenvalue weighted by Gasteiger charge is 2.16. The lowest BCUT2D eigenvalue weighted by molar-refractivity contribution is 0.417. The first-order valence-corrected chi connectivity index (χ1v) is 8.84. The van der Waals surface area contributed by atoms with Crippen LogP contribution in [-0.2, 0) is 0 Å². The Morgan fingerprint density at radius 1 is 1.08 bits per heavy atom. The number of hydrogen-bond acceptors (Lipinski definition) is 5. The van der Waals surface area contributed by atoms with Gasteiger partial charge in [0.25, 0.3) is 6.01 Å². The fourth-order valence-electron chi connectivity index (χ4n) is 3.50. The largest absolute Gasteiger partial charge is 0.495 e. The second-order valence-electron chi connectivity index (χ2n) is 6.64. The Bertz CT molecular complexity index is 882. The molecule has 0 aliphatic heterocycles. The highest BCUT2D eigenvalue weighted by molar-refractivity contribution is 5.82. The predicted octanol–water partition coefficient (Wildman–Crippen LogP) is 4.83. The molecule has 1 saturated carbocycles. The van der Waals surface area contributed by atoms with E-state index in [2.05, 4.69) is 10.3 Å². The van der Waals surface area contributed by atoms with Crippen molar-refractivity contribution in [2.45, 2.75) is 38.1 Å². The molecule has 1 aliphatic carbocycles. The predicted molar refractivity (Wildman–Crippen MR) is 101 cm³/mol. The zero-order valence-electron chi connectivity index (χ0n) is 14.4.